The molecule has 5 nitrogen and oxygen atoms in total. The van der Waals surface area contributed by atoms with Crippen molar-refractivity contribution in [2.75, 3.05) is 33.7 Å². The number of amides is 1. The van der Waals surface area contributed by atoms with E-state index in [1.165, 1.54) is 17.0 Å². The predicted octanol–water partition coefficient (Wildman–Crippen LogP) is 1.80. The molecule has 0 bridgehead atoms. The molecular formula is C16H24FIN4O. The van der Waals surface area contributed by atoms with Crippen molar-refractivity contribution in [2.24, 2.45) is 4.99 Å². The number of carbonyl (C=O) groups excluding carboxylic acids is 1. The van der Waals surface area contributed by atoms with Gasteiger partial charge in [-0.3, -0.25) is 4.79 Å². The number of nitrogens with one attached hydrogen (secondary N) is 2. The average Bonchev–Trinajstić information content (AvgIpc) is 2.50. The minimum Gasteiger partial charge on any atom is -0.356 e. The van der Waals surface area contributed by atoms with Gasteiger partial charge in [0.2, 0.25) is 5.91 Å². The Morgan fingerprint density at radius 3 is 2.52 bits per heavy atom. The number of rotatable bonds is 7. The van der Waals surface area contributed by atoms with Crippen LogP contribution in [0.5, 0.6) is 0 Å². The summed E-state index contributed by atoms with van der Waals surface area (Å²) in [6.07, 6.45) is 2.45. The van der Waals surface area contributed by atoms with Gasteiger partial charge in [0.1, 0.15) is 12.4 Å². The fraction of sp³-hybridized carbons (Fsp3) is 0.375. The van der Waals surface area contributed by atoms with Gasteiger partial charge in [-0.25, -0.2) is 9.38 Å². The maximum Gasteiger partial charge on any atom is 0.243 e. The molecule has 0 aromatic heterocycles. The van der Waals surface area contributed by atoms with Crippen molar-refractivity contribution in [2.45, 2.75) is 6.42 Å². The molecule has 2 N–H and O–H groups in total. The van der Waals surface area contributed by atoms with Gasteiger partial charge < -0.3 is 15.5 Å². The smallest absolute Gasteiger partial charge is 0.243 e. The lowest BCUT2D eigenvalue weighted by atomic mass is 10.1. The summed E-state index contributed by atoms with van der Waals surface area (Å²) in [6, 6.07) is 6.38. The standard InChI is InChI=1S/C16H23FN4O.HI/c1-4-10-18-16(20-12-15(22)21(2)3)19-11-9-13-5-7-14(17)8-6-13;/h4-8H,1,9-12H2,2-3H3,(H2,18,19,20);1H. The topological polar surface area (TPSA) is 56.7 Å². The van der Waals surface area contributed by atoms with Crippen LogP contribution in [0.15, 0.2) is 41.9 Å². The first-order chi connectivity index (χ1) is 10.5. The lowest BCUT2D eigenvalue weighted by molar-refractivity contribution is -0.127. The Morgan fingerprint density at radius 2 is 1.96 bits per heavy atom. The van der Waals surface area contributed by atoms with E-state index in [1.54, 1.807) is 32.3 Å². The molecular weight excluding hydrogens is 410 g/mol. The van der Waals surface area contributed by atoms with E-state index in [-0.39, 0.29) is 42.2 Å². The van der Waals surface area contributed by atoms with Gasteiger partial charge >= 0.3 is 0 Å². The molecule has 0 spiro atoms. The van der Waals surface area contributed by atoms with Crippen LogP contribution in [0, 0.1) is 5.82 Å². The summed E-state index contributed by atoms with van der Waals surface area (Å²) in [5.41, 5.74) is 1.03. The fourth-order valence-corrected chi connectivity index (χ4v) is 1.61. The van der Waals surface area contributed by atoms with E-state index in [9.17, 15) is 9.18 Å². The van der Waals surface area contributed by atoms with Crippen LogP contribution in [0.1, 0.15) is 5.56 Å². The number of hydrogen-bond acceptors (Lipinski definition) is 2. The monoisotopic (exact) mass is 434 g/mol. The zero-order valence-electron chi connectivity index (χ0n) is 13.5. The van der Waals surface area contributed by atoms with E-state index in [0.29, 0.717) is 19.0 Å². The van der Waals surface area contributed by atoms with Gasteiger partial charge in [0.05, 0.1) is 0 Å². The fourth-order valence-electron chi connectivity index (χ4n) is 1.61. The van der Waals surface area contributed by atoms with Crippen LogP contribution < -0.4 is 10.6 Å². The maximum absolute atomic E-state index is 12.8. The SMILES string of the molecule is C=CCNC(=NCC(=O)N(C)C)NCCc1ccc(F)cc1.I. The third kappa shape index (κ3) is 9.17. The number of nitrogens with zero attached hydrogens (tertiary/aromatic N) is 2. The van der Waals surface area contributed by atoms with Crippen molar-refractivity contribution in [3.63, 3.8) is 0 Å². The second kappa shape index (κ2) is 11.9. The molecule has 0 aliphatic rings. The third-order valence-corrected chi connectivity index (χ3v) is 2.90. The molecule has 0 aliphatic carbocycles. The molecule has 1 aromatic carbocycles. The molecule has 0 saturated carbocycles. The van der Waals surface area contributed by atoms with E-state index in [4.69, 9.17) is 0 Å². The van der Waals surface area contributed by atoms with Crippen LogP contribution in [0.2, 0.25) is 0 Å². The highest BCUT2D eigenvalue weighted by atomic mass is 127. The molecule has 7 heteroatoms. The summed E-state index contributed by atoms with van der Waals surface area (Å²) in [7, 11) is 3.38. The van der Waals surface area contributed by atoms with Crippen molar-refractivity contribution >= 4 is 35.8 Å². The lowest BCUT2D eigenvalue weighted by Gasteiger charge is -2.12. The number of hydrogen-bond donors (Lipinski definition) is 2. The van der Waals surface area contributed by atoms with E-state index >= 15 is 0 Å². The minimum absolute atomic E-state index is 0. The van der Waals surface area contributed by atoms with Gasteiger partial charge in [0, 0.05) is 27.2 Å². The Morgan fingerprint density at radius 1 is 1.30 bits per heavy atom. The summed E-state index contributed by atoms with van der Waals surface area (Å²) in [5.74, 6) is 0.240. The Kier molecular flexibility index (Phi) is 11.0. The Labute approximate surface area is 154 Å². The Balaban J connectivity index is 0.00000484. The average molecular weight is 434 g/mol. The first-order valence-electron chi connectivity index (χ1n) is 7.10. The third-order valence-electron chi connectivity index (χ3n) is 2.90. The predicted molar refractivity (Wildman–Crippen MR) is 103 cm³/mol. The molecule has 23 heavy (non-hydrogen) atoms. The molecule has 0 heterocycles. The highest BCUT2D eigenvalue weighted by Crippen LogP contribution is 2.02. The van der Waals surface area contributed by atoms with Crippen LogP contribution in [0.3, 0.4) is 0 Å². The van der Waals surface area contributed by atoms with Crippen LogP contribution >= 0.6 is 24.0 Å². The maximum atomic E-state index is 12.8. The zero-order valence-corrected chi connectivity index (χ0v) is 15.8. The zero-order chi connectivity index (χ0) is 16.4. The van der Waals surface area contributed by atoms with Gasteiger partial charge in [0.15, 0.2) is 5.96 Å². The molecule has 1 rings (SSSR count). The van der Waals surface area contributed by atoms with Crippen LogP contribution in [-0.4, -0.2) is 50.5 Å². The minimum atomic E-state index is -0.242. The van der Waals surface area contributed by atoms with E-state index in [0.717, 1.165) is 12.0 Å². The number of likely N-dealkylation sites (N-methyl/N-ethyl adjacent to an activating group) is 1. The molecule has 0 atom stereocenters. The van der Waals surface area contributed by atoms with Gasteiger partial charge in [-0.15, -0.1) is 30.6 Å². The second-order valence-corrected chi connectivity index (χ2v) is 4.93. The molecule has 1 aromatic rings. The summed E-state index contributed by atoms with van der Waals surface area (Å²) in [4.78, 5) is 17.3. The van der Waals surface area contributed by atoms with Crippen molar-refractivity contribution < 1.29 is 9.18 Å². The lowest BCUT2D eigenvalue weighted by Crippen LogP contribution is -2.39. The largest absolute Gasteiger partial charge is 0.356 e. The van der Waals surface area contributed by atoms with E-state index in [2.05, 4.69) is 22.2 Å². The first kappa shape index (κ1) is 21.4. The number of aliphatic imine (C=N–C) groups is 1. The summed E-state index contributed by atoms with van der Waals surface area (Å²) >= 11 is 0. The van der Waals surface area contributed by atoms with Crippen LogP contribution in [0.4, 0.5) is 4.39 Å². The van der Waals surface area contributed by atoms with Crippen LogP contribution in [-0.2, 0) is 11.2 Å². The molecule has 0 fully saturated rings. The van der Waals surface area contributed by atoms with Crippen molar-refractivity contribution in [1.82, 2.24) is 15.5 Å². The highest BCUT2D eigenvalue weighted by molar-refractivity contribution is 14.0. The van der Waals surface area contributed by atoms with Gasteiger partial charge in [-0.1, -0.05) is 18.2 Å². The number of guanidine groups is 1. The van der Waals surface area contributed by atoms with E-state index in [1.807, 2.05) is 0 Å². The summed E-state index contributed by atoms with van der Waals surface area (Å²) in [5, 5.41) is 6.19. The number of carbonyl (C=O) groups is 1. The molecule has 0 unspecified atom stereocenters. The van der Waals surface area contributed by atoms with Gasteiger partial charge in [-0.2, -0.15) is 0 Å². The first-order valence-corrected chi connectivity index (χ1v) is 7.10. The molecule has 0 radical (unpaired) electrons. The second-order valence-electron chi connectivity index (χ2n) is 4.93. The van der Waals surface area contributed by atoms with E-state index < -0.39 is 0 Å². The molecule has 0 aliphatic heterocycles. The Hall–Kier alpha value is -1.64. The number of halogens is 2. The van der Waals surface area contributed by atoms with Crippen molar-refractivity contribution in [3.8, 4) is 0 Å². The van der Waals surface area contributed by atoms with Gasteiger partial charge in [-0.05, 0) is 24.1 Å². The molecule has 0 saturated heterocycles. The molecule has 1 amide bonds. The summed E-state index contributed by atoms with van der Waals surface area (Å²) < 4.78 is 12.8. The van der Waals surface area contributed by atoms with Gasteiger partial charge in [0.25, 0.3) is 0 Å². The molecule has 128 valence electrons. The highest BCUT2D eigenvalue weighted by Gasteiger charge is 2.04. The summed E-state index contributed by atoms with van der Waals surface area (Å²) in [6.45, 7) is 4.90. The normalized spacial score (nSPS) is 10.5. The van der Waals surface area contributed by atoms with Crippen molar-refractivity contribution in [1.29, 1.82) is 0 Å². The quantitative estimate of drug-likeness (QED) is 0.298. The van der Waals surface area contributed by atoms with Crippen LogP contribution in [0.25, 0.3) is 0 Å². The van der Waals surface area contributed by atoms with Crippen molar-refractivity contribution in [3.05, 3.63) is 48.3 Å². The number of benzene rings is 1. The Bertz CT molecular complexity index is 517.